The monoisotopic (exact) mass is 405 g/mol. The summed E-state index contributed by atoms with van der Waals surface area (Å²) in [6.07, 6.45) is 4.12. The number of ether oxygens (including phenoxy) is 2. The SMILES string of the molecule is CCOc1ccc(C2=NN(C(CC)N3CCCC3)C(=O)SC2CC)cc1OC. The number of nitrogens with zero attached hydrogens (tertiary/aromatic N) is 3. The van der Waals surface area contributed by atoms with Crippen LogP contribution in [0.5, 0.6) is 11.5 Å². The van der Waals surface area contributed by atoms with Crippen molar-refractivity contribution >= 4 is 22.7 Å². The number of carbonyl (C=O) groups excluding carboxylic acids is 1. The Bertz CT molecular complexity index is 719. The highest BCUT2D eigenvalue weighted by molar-refractivity contribution is 8.14. The lowest BCUT2D eigenvalue weighted by Gasteiger charge is -2.37. The van der Waals surface area contributed by atoms with Crippen LogP contribution in [0.3, 0.4) is 0 Å². The molecule has 6 nitrogen and oxygen atoms in total. The molecule has 2 atom stereocenters. The Hall–Kier alpha value is -1.73. The molecule has 1 saturated heterocycles. The molecule has 28 heavy (non-hydrogen) atoms. The molecule has 1 aromatic carbocycles. The van der Waals surface area contributed by atoms with Gasteiger partial charge in [0, 0.05) is 18.7 Å². The van der Waals surface area contributed by atoms with Crippen LogP contribution in [0.25, 0.3) is 0 Å². The number of amides is 1. The summed E-state index contributed by atoms with van der Waals surface area (Å²) in [6, 6.07) is 5.91. The van der Waals surface area contributed by atoms with Gasteiger partial charge in [0.2, 0.25) is 0 Å². The molecule has 0 saturated carbocycles. The minimum absolute atomic E-state index is 0.0277. The second-order valence-electron chi connectivity index (χ2n) is 7.04. The fraction of sp³-hybridized carbons (Fsp3) is 0.619. The van der Waals surface area contributed by atoms with Crippen LogP contribution < -0.4 is 9.47 Å². The van der Waals surface area contributed by atoms with Crippen molar-refractivity contribution in [1.82, 2.24) is 9.91 Å². The number of methoxy groups -OCH3 is 1. The number of carbonyl (C=O) groups is 1. The number of thioether (sulfide) groups is 1. The molecular formula is C21H31N3O3S. The van der Waals surface area contributed by atoms with Crippen molar-refractivity contribution < 1.29 is 14.3 Å². The third kappa shape index (κ3) is 4.30. The summed E-state index contributed by atoms with van der Waals surface area (Å²) in [6.45, 7) is 8.83. The third-order valence-electron chi connectivity index (χ3n) is 5.29. The first-order chi connectivity index (χ1) is 13.6. The van der Waals surface area contributed by atoms with Crippen LogP contribution in [0.4, 0.5) is 4.79 Å². The van der Waals surface area contributed by atoms with Crippen LogP contribution in [0.15, 0.2) is 23.3 Å². The lowest BCUT2D eigenvalue weighted by Crippen LogP contribution is -2.49. The number of benzene rings is 1. The highest BCUT2D eigenvalue weighted by Crippen LogP contribution is 2.35. The van der Waals surface area contributed by atoms with Crippen molar-refractivity contribution in [2.75, 3.05) is 26.8 Å². The second-order valence-corrected chi connectivity index (χ2v) is 8.20. The largest absolute Gasteiger partial charge is 0.493 e. The smallest absolute Gasteiger partial charge is 0.303 e. The zero-order valence-electron chi connectivity index (χ0n) is 17.3. The molecule has 7 heteroatoms. The molecule has 1 fully saturated rings. The van der Waals surface area contributed by atoms with Crippen LogP contribution in [-0.4, -0.2) is 59.1 Å². The van der Waals surface area contributed by atoms with Gasteiger partial charge in [0.1, 0.15) is 6.17 Å². The molecule has 0 aliphatic carbocycles. The zero-order chi connectivity index (χ0) is 20.1. The highest BCUT2D eigenvalue weighted by Gasteiger charge is 2.36. The molecule has 0 radical (unpaired) electrons. The minimum atomic E-state index is 0.0277. The maximum atomic E-state index is 12.9. The summed E-state index contributed by atoms with van der Waals surface area (Å²) >= 11 is 1.39. The van der Waals surface area contributed by atoms with Crippen molar-refractivity contribution in [2.45, 2.75) is 57.9 Å². The van der Waals surface area contributed by atoms with Gasteiger partial charge < -0.3 is 9.47 Å². The van der Waals surface area contributed by atoms with E-state index in [0.29, 0.717) is 12.4 Å². The van der Waals surface area contributed by atoms with Gasteiger partial charge >= 0.3 is 5.24 Å². The molecule has 2 heterocycles. The van der Waals surface area contributed by atoms with Crippen LogP contribution >= 0.6 is 11.8 Å². The predicted octanol–water partition coefficient (Wildman–Crippen LogP) is 4.58. The third-order valence-corrected chi connectivity index (χ3v) is 6.52. The molecule has 2 aliphatic rings. The van der Waals surface area contributed by atoms with E-state index in [1.807, 2.05) is 25.1 Å². The first-order valence-corrected chi connectivity index (χ1v) is 11.1. The van der Waals surface area contributed by atoms with E-state index in [0.717, 1.165) is 43.0 Å². The molecule has 1 amide bonds. The lowest BCUT2D eigenvalue weighted by atomic mass is 10.0. The van der Waals surface area contributed by atoms with Gasteiger partial charge in [0.05, 0.1) is 24.7 Å². The summed E-state index contributed by atoms with van der Waals surface area (Å²) in [5.74, 6) is 1.42. The number of hydrogen-bond acceptors (Lipinski definition) is 6. The van der Waals surface area contributed by atoms with E-state index in [1.165, 1.54) is 24.6 Å². The lowest BCUT2D eigenvalue weighted by molar-refractivity contribution is 0.0925. The van der Waals surface area contributed by atoms with Crippen LogP contribution in [0, 0.1) is 0 Å². The van der Waals surface area contributed by atoms with Crippen LogP contribution in [0.1, 0.15) is 52.0 Å². The van der Waals surface area contributed by atoms with E-state index >= 15 is 0 Å². The Morgan fingerprint density at radius 1 is 1.21 bits per heavy atom. The molecule has 3 rings (SSSR count). The van der Waals surface area contributed by atoms with E-state index in [2.05, 4.69) is 18.7 Å². The molecule has 0 N–H and O–H groups in total. The maximum absolute atomic E-state index is 12.9. The zero-order valence-corrected chi connectivity index (χ0v) is 18.1. The van der Waals surface area contributed by atoms with Gasteiger partial charge in [-0.1, -0.05) is 25.6 Å². The fourth-order valence-electron chi connectivity index (χ4n) is 3.89. The van der Waals surface area contributed by atoms with E-state index in [9.17, 15) is 4.79 Å². The van der Waals surface area contributed by atoms with Gasteiger partial charge in [0.15, 0.2) is 11.5 Å². The molecular weight excluding hydrogens is 374 g/mol. The molecule has 1 aromatic rings. The number of hydrogen-bond donors (Lipinski definition) is 0. The van der Waals surface area contributed by atoms with Gasteiger partial charge in [-0.25, -0.2) is 5.01 Å². The average molecular weight is 406 g/mol. The molecule has 0 aromatic heterocycles. The Morgan fingerprint density at radius 2 is 1.96 bits per heavy atom. The second kappa shape index (κ2) is 9.65. The molecule has 0 spiro atoms. The quantitative estimate of drug-likeness (QED) is 0.634. The van der Waals surface area contributed by atoms with Gasteiger partial charge in [-0.15, -0.1) is 0 Å². The number of rotatable bonds is 8. The summed E-state index contributed by atoms with van der Waals surface area (Å²) < 4.78 is 11.2. The molecule has 0 bridgehead atoms. The number of likely N-dealkylation sites (tertiary alicyclic amines) is 1. The van der Waals surface area contributed by atoms with Crippen molar-refractivity contribution in [2.24, 2.45) is 5.10 Å². The Balaban J connectivity index is 1.97. The van der Waals surface area contributed by atoms with Crippen molar-refractivity contribution in [3.63, 3.8) is 0 Å². The van der Waals surface area contributed by atoms with Crippen molar-refractivity contribution in [3.8, 4) is 11.5 Å². The Morgan fingerprint density at radius 3 is 2.57 bits per heavy atom. The van der Waals surface area contributed by atoms with Gasteiger partial charge in [-0.2, -0.15) is 5.10 Å². The molecule has 2 aliphatic heterocycles. The van der Waals surface area contributed by atoms with Crippen molar-refractivity contribution in [1.29, 1.82) is 0 Å². The Labute approximate surface area is 172 Å². The van der Waals surface area contributed by atoms with Crippen molar-refractivity contribution in [3.05, 3.63) is 23.8 Å². The maximum Gasteiger partial charge on any atom is 0.303 e. The van der Waals surface area contributed by atoms with E-state index in [4.69, 9.17) is 14.6 Å². The first kappa shape index (κ1) is 21.0. The van der Waals surface area contributed by atoms with E-state index in [-0.39, 0.29) is 16.7 Å². The summed E-state index contributed by atoms with van der Waals surface area (Å²) in [5, 5.41) is 6.69. The van der Waals surface area contributed by atoms with Gasteiger partial charge in [-0.05, 0) is 50.8 Å². The van der Waals surface area contributed by atoms with E-state index < -0.39 is 0 Å². The van der Waals surface area contributed by atoms with Gasteiger partial charge in [0.25, 0.3) is 0 Å². The first-order valence-electron chi connectivity index (χ1n) is 10.3. The predicted molar refractivity (Wildman–Crippen MR) is 114 cm³/mol. The summed E-state index contributed by atoms with van der Waals surface area (Å²) in [4.78, 5) is 15.2. The van der Waals surface area contributed by atoms with Gasteiger partial charge in [-0.3, -0.25) is 9.69 Å². The summed E-state index contributed by atoms with van der Waals surface area (Å²) in [5.41, 5.74) is 1.92. The van der Waals surface area contributed by atoms with E-state index in [1.54, 1.807) is 12.1 Å². The van der Waals surface area contributed by atoms with Crippen LogP contribution in [0.2, 0.25) is 0 Å². The average Bonchev–Trinajstić information content (AvgIpc) is 3.24. The standard InChI is InChI=1S/C21H31N3O3S/c1-5-18-20(15-10-11-16(27-7-3)17(14-15)26-4)22-24(21(25)28-18)19(6-2)23-12-8-9-13-23/h10-11,14,18-19H,5-9,12-13H2,1-4H3. The molecule has 154 valence electrons. The number of hydrazone groups is 1. The Kier molecular flexibility index (Phi) is 7.24. The van der Waals surface area contributed by atoms with Crippen LogP contribution in [-0.2, 0) is 0 Å². The fourth-order valence-corrected chi connectivity index (χ4v) is 4.86. The topological polar surface area (TPSA) is 54.4 Å². The highest BCUT2D eigenvalue weighted by atomic mass is 32.2. The molecule has 2 unspecified atom stereocenters. The summed E-state index contributed by atoms with van der Waals surface area (Å²) in [7, 11) is 1.65. The minimum Gasteiger partial charge on any atom is -0.493 e. The normalized spacial score (nSPS) is 21.6.